The fraction of sp³-hybridized carbons (Fsp3) is 0.364. The second kappa shape index (κ2) is 4.37. The van der Waals surface area contributed by atoms with Gasteiger partial charge < -0.3 is 0 Å². The summed E-state index contributed by atoms with van der Waals surface area (Å²) < 4.78 is 1.67. The van der Waals surface area contributed by atoms with Gasteiger partial charge in [-0.1, -0.05) is 13.0 Å². The summed E-state index contributed by atoms with van der Waals surface area (Å²) in [6, 6.07) is 3.87. The molecule has 0 saturated heterocycles. The molecule has 0 aliphatic rings. The van der Waals surface area contributed by atoms with E-state index in [0.717, 1.165) is 17.7 Å². The number of aryl methyl sites for hydroxylation is 2. The van der Waals surface area contributed by atoms with Crippen molar-refractivity contribution in [3.05, 3.63) is 33.5 Å². The third-order valence-corrected chi connectivity index (χ3v) is 3.41. The van der Waals surface area contributed by atoms with Gasteiger partial charge in [-0.2, -0.15) is 5.10 Å². The van der Waals surface area contributed by atoms with Crippen LogP contribution in [0.3, 0.4) is 0 Å². The molecule has 17 heavy (non-hydrogen) atoms. The highest BCUT2D eigenvalue weighted by Gasteiger charge is 2.25. The van der Waals surface area contributed by atoms with Crippen molar-refractivity contribution in [3.8, 4) is 0 Å². The van der Waals surface area contributed by atoms with Gasteiger partial charge in [-0.15, -0.1) is 11.8 Å². The lowest BCUT2D eigenvalue weighted by Crippen LogP contribution is -1.97. The van der Waals surface area contributed by atoms with Crippen LogP contribution < -0.4 is 0 Å². The van der Waals surface area contributed by atoms with Crippen LogP contribution in [0.15, 0.2) is 17.2 Å². The number of aromatic nitrogens is 2. The largest absolute Gasteiger partial charge is 0.328 e. The van der Waals surface area contributed by atoms with Crippen LogP contribution in [-0.4, -0.2) is 20.8 Å². The number of thioether (sulfide) groups is 1. The standard InChI is InChI=1S/C11H13N3O2S/c1-4-8-6-5-7(2)13-9(8)10(14(15)16)11(12-13)17-3/h5-6H,4H2,1-3H3. The number of hydrogen-bond donors (Lipinski definition) is 0. The molecule has 90 valence electrons. The molecule has 0 aliphatic heterocycles. The molecule has 0 atom stereocenters. The fourth-order valence-electron chi connectivity index (χ4n) is 1.89. The zero-order valence-electron chi connectivity index (χ0n) is 9.93. The number of nitro groups is 1. The molecule has 2 heterocycles. The Kier molecular flexibility index (Phi) is 3.06. The Balaban J connectivity index is 2.92. The Morgan fingerprint density at radius 3 is 2.76 bits per heavy atom. The van der Waals surface area contributed by atoms with E-state index < -0.39 is 0 Å². The maximum absolute atomic E-state index is 11.2. The summed E-state index contributed by atoms with van der Waals surface area (Å²) in [6.45, 7) is 3.88. The van der Waals surface area contributed by atoms with E-state index in [4.69, 9.17) is 0 Å². The zero-order valence-corrected chi connectivity index (χ0v) is 10.7. The molecule has 0 aromatic carbocycles. The summed E-state index contributed by atoms with van der Waals surface area (Å²) in [4.78, 5) is 10.8. The average molecular weight is 251 g/mol. The zero-order chi connectivity index (χ0) is 12.6. The van der Waals surface area contributed by atoms with E-state index in [2.05, 4.69) is 5.10 Å². The fourth-order valence-corrected chi connectivity index (χ4v) is 2.42. The molecule has 0 fully saturated rings. The molecular weight excluding hydrogens is 238 g/mol. The Hall–Kier alpha value is -1.56. The highest BCUT2D eigenvalue weighted by atomic mass is 32.2. The molecule has 0 aliphatic carbocycles. The molecule has 0 N–H and O–H groups in total. The summed E-state index contributed by atoms with van der Waals surface area (Å²) in [6.07, 6.45) is 2.56. The van der Waals surface area contributed by atoms with E-state index in [0.29, 0.717) is 10.5 Å². The first-order valence-electron chi connectivity index (χ1n) is 5.29. The number of pyridine rings is 1. The minimum atomic E-state index is -0.341. The first-order valence-corrected chi connectivity index (χ1v) is 6.52. The summed E-state index contributed by atoms with van der Waals surface area (Å²) in [7, 11) is 0. The minimum absolute atomic E-state index is 0.123. The summed E-state index contributed by atoms with van der Waals surface area (Å²) >= 11 is 1.30. The SMILES string of the molecule is CCc1ccc(C)n2nc(SC)c([N+](=O)[O-])c12. The van der Waals surface area contributed by atoms with Gasteiger partial charge in [-0.3, -0.25) is 10.1 Å². The molecule has 0 amide bonds. The number of nitrogens with zero attached hydrogens (tertiary/aromatic N) is 3. The van der Waals surface area contributed by atoms with Gasteiger partial charge in [-0.25, -0.2) is 4.52 Å². The van der Waals surface area contributed by atoms with Gasteiger partial charge in [0.2, 0.25) is 0 Å². The van der Waals surface area contributed by atoms with E-state index in [-0.39, 0.29) is 10.6 Å². The highest BCUT2D eigenvalue weighted by molar-refractivity contribution is 7.98. The van der Waals surface area contributed by atoms with Crippen molar-refractivity contribution in [2.24, 2.45) is 0 Å². The summed E-state index contributed by atoms with van der Waals surface area (Å²) in [5.41, 5.74) is 2.61. The summed E-state index contributed by atoms with van der Waals surface area (Å²) in [5.74, 6) is 0. The van der Waals surface area contributed by atoms with Crippen LogP contribution in [0.25, 0.3) is 5.52 Å². The number of fused-ring (bicyclic) bond motifs is 1. The average Bonchev–Trinajstić information content (AvgIpc) is 2.70. The van der Waals surface area contributed by atoms with Crippen molar-refractivity contribution in [2.75, 3.05) is 6.26 Å². The molecule has 0 spiro atoms. The first kappa shape index (κ1) is 11.9. The molecule has 2 aromatic rings. The van der Waals surface area contributed by atoms with Crippen LogP contribution in [0.5, 0.6) is 0 Å². The quantitative estimate of drug-likeness (QED) is 0.478. The predicted molar refractivity (Wildman–Crippen MR) is 67.7 cm³/mol. The Morgan fingerprint density at radius 2 is 2.24 bits per heavy atom. The monoisotopic (exact) mass is 251 g/mol. The lowest BCUT2D eigenvalue weighted by atomic mass is 10.1. The van der Waals surface area contributed by atoms with Gasteiger partial charge in [0.25, 0.3) is 0 Å². The van der Waals surface area contributed by atoms with Crippen LogP contribution in [0.1, 0.15) is 18.2 Å². The van der Waals surface area contributed by atoms with Crippen molar-refractivity contribution in [1.29, 1.82) is 0 Å². The lowest BCUT2D eigenvalue weighted by molar-refractivity contribution is -0.386. The van der Waals surface area contributed by atoms with E-state index in [1.54, 1.807) is 10.8 Å². The van der Waals surface area contributed by atoms with Gasteiger partial charge in [-0.05, 0) is 31.2 Å². The van der Waals surface area contributed by atoms with Crippen LogP contribution in [-0.2, 0) is 6.42 Å². The normalized spacial score (nSPS) is 11.0. The smallest absolute Gasteiger partial charge is 0.258 e. The second-order valence-corrected chi connectivity index (χ2v) is 4.52. The molecule has 6 heteroatoms. The third kappa shape index (κ3) is 1.78. The van der Waals surface area contributed by atoms with E-state index in [9.17, 15) is 10.1 Å². The molecule has 5 nitrogen and oxygen atoms in total. The second-order valence-electron chi connectivity index (χ2n) is 3.73. The first-order chi connectivity index (χ1) is 8.10. The third-order valence-electron chi connectivity index (χ3n) is 2.75. The topological polar surface area (TPSA) is 60.4 Å². The predicted octanol–water partition coefficient (Wildman–Crippen LogP) is 2.84. The molecular formula is C11H13N3O2S. The molecule has 2 aromatic heterocycles. The molecule has 0 saturated carbocycles. The van der Waals surface area contributed by atoms with Crippen molar-refractivity contribution in [3.63, 3.8) is 0 Å². The molecule has 0 unspecified atom stereocenters. The van der Waals surface area contributed by atoms with Crippen LogP contribution in [0.4, 0.5) is 5.69 Å². The van der Waals surface area contributed by atoms with Gasteiger partial charge >= 0.3 is 5.69 Å². The van der Waals surface area contributed by atoms with Crippen molar-refractivity contribution in [2.45, 2.75) is 25.3 Å². The molecule has 2 rings (SSSR count). The van der Waals surface area contributed by atoms with Crippen LogP contribution in [0, 0.1) is 17.0 Å². The minimum Gasteiger partial charge on any atom is -0.258 e. The lowest BCUT2D eigenvalue weighted by Gasteiger charge is -2.02. The maximum atomic E-state index is 11.2. The molecule has 0 bridgehead atoms. The van der Waals surface area contributed by atoms with Gasteiger partial charge in [0.15, 0.2) is 5.03 Å². The number of rotatable bonds is 3. The van der Waals surface area contributed by atoms with Gasteiger partial charge in [0, 0.05) is 5.69 Å². The van der Waals surface area contributed by atoms with Crippen molar-refractivity contribution < 1.29 is 4.92 Å². The van der Waals surface area contributed by atoms with E-state index in [1.165, 1.54) is 11.8 Å². The Morgan fingerprint density at radius 1 is 1.53 bits per heavy atom. The Bertz CT molecular complexity index is 592. The van der Waals surface area contributed by atoms with Crippen molar-refractivity contribution >= 4 is 23.0 Å². The summed E-state index contributed by atoms with van der Waals surface area (Å²) in [5, 5.41) is 15.9. The van der Waals surface area contributed by atoms with Crippen LogP contribution >= 0.6 is 11.8 Å². The number of hydrogen-bond acceptors (Lipinski definition) is 4. The highest BCUT2D eigenvalue weighted by Crippen LogP contribution is 2.33. The van der Waals surface area contributed by atoms with E-state index >= 15 is 0 Å². The van der Waals surface area contributed by atoms with Gasteiger partial charge in [0.1, 0.15) is 5.52 Å². The maximum Gasteiger partial charge on any atom is 0.328 e. The Labute approximate surface area is 103 Å². The molecule has 0 radical (unpaired) electrons. The van der Waals surface area contributed by atoms with Crippen molar-refractivity contribution in [1.82, 2.24) is 9.61 Å². The van der Waals surface area contributed by atoms with Gasteiger partial charge in [0.05, 0.1) is 4.92 Å². The van der Waals surface area contributed by atoms with Crippen LogP contribution in [0.2, 0.25) is 0 Å². The van der Waals surface area contributed by atoms with E-state index in [1.807, 2.05) is 26.0 Å².